The number of hydrogen-bond acceptors (Lipinski definition) is 3. The molecule has 0 saturated carbocycles. The number of nitrogens with zero attached hydrogens (tertiary/aromatic N) is 3. The van der Waals surface area contributed by atoms with Gasteiger partial charge < -0.3 is 5.32 Å². The van der Waals surface area contributed by atoms with Gasteiger partial charge in [-0.3, -0.25) is 5.32 Å². The summed E-state index contributed by atoms with van der Waals surface area (Å²) < 4.78 is 14.6. The molecule has 5 nitrogen and oxygen atoms in total. The Morgan fingerprint density at radius 1 is 1.11 bits per heavy atom. The first-order valence-corrected chi connectivity index (χ1v) is 9.26. The number of benzene rings is 2. The van der Waals surface area contributed by atoms with E-state index in [1.807, 2.05) is 12.1 Å². The van der Waals surface area contributed by atoms with Gasteiger partial charge in [0, 0.05) is 5.69 Å². The molecule has 0 aliphatic rings. The molecule has 0 spiro atoms. The Hall–Kier alpha value is -2.80. The summed E-state index contributed by atoms with van der Waals surface area (Å²) in [5.74, 6) is 0.692. The molecule has 0 radical (unpaired) electrons. The molecular weight excluding hydrogens is 361 g/mol. The number of rotatable bonds is 6. The Morgan fingerprint density at radius 3 is 2.48 bits per heavy atom. The number of anilines is 2. The molecule has 2 N–H and O–H groups in total. The zero-order valence-electron chi connectivity index (χ0n) is 15.3. The number of hydrogen-bond donors (Lipinski definition) is 2. The molecule has 0 fully saturated rings. The summed E-state index contributed by atoms with van der Waals surface area (Å²) in [7, 11) is 0. The normalized spacial score (nSPS) is 11.8. The summed E-state index contributed by atoms with van der Waals surface area (Å²) in [6, 6.07) is 14.5. The van der Waals surface area contributed by atoms with Crippen molar-refractivity contribution in [2.45, 2.75) is 32.7 Å². The van der Waals surface area contributed by atoms with Crippen LogP contribution in [0.5, 0.6) is 0 Å². The lowest BCUT2D eigenvalue weighted by molar-refractivity contribution is 0.624. The fourth-order valence-electron chi connectivity index (χ4n) is 2.60. The molecule has 1 atom stereocenters. The molecule has 140 valence electrons. The van der Waals surface area contributed by atoms with Crippen LogP contribution in [0.4, 0.5) is 16.0 Å². The van der Waals surface area contributed by atoms with E-state index < -0.39 is 0 Å². The maximum absolute atomic E-state index is 13.0. The van der Waals surface area contributed by atoms with Gasteiger partial charge in [-0.2, -0.15) is 0 Å². The van der Waals surface area contributed by atoms with Gasteiger partial charge >= 0.3 is 0 Å². The smallest absolute Gasteiger partial charge is 0.248 e. The van der Waals surface area contributed by atoms with E-state index in [1.165, 1.54) is 17.7 Å². The zero-order chi connectivity index (χ0) is 19.2. The SMILES string of the molecule is CCC(C)c1ccc(NC(=S)Nc2ncn(Cc3ccc(F)cc3)n2)cc1. The van der Waals surface area contributed by atoms with Crippen molar-refractivity contribution in [3.05, 3.63) is 71.8 Å². The second kappa shape index (κ2) is 8.73. The van der Waals surface area contributed by atoms with Crippen LogP contribution in [0.15, 0.2) is 54.9 Å². The first-order valence-electron chi connectivity index (χ1n) is 8.85. The fourth-order valence-corrected chi connectivity index (χ4v) is 2.81. The molecule has 1 heterocycles. The van der Waals surface area contributed by atoms with Crippen molar-refractivity contribution in [2.75, 3.05) is 10.6 Å². The first-order chi connectivity index (χ1) is 13.0. The minimum absolute atomic E-state index is 0.256. The van der Waals surface area contributed by atoms with Crippen molar-refractivity contribution >= 4 is 29.0 Å². The average molecular weight is 383 g/mol. The third-order valence-corrected chi connectivity index (χ3v) is 4.57. The van der Waals surface area contributed by atoms with Gasteiger partial charge in [-0.25, -0.2) is 14.1 Å². The maximum atomic E-state index is 13.0. The fraction of sp³-hybridized carbons (Fsp3) is 0.250. The van der Waals surface area contributed by atoms with Crippen LogP contribution in [0, 0.1) is 5.82 Å². The Morgan fingerprint density at radius 2 is 1.81 bits per heavy atom. The van der Waals surface area contributed by atoms with E-state index in [1.54, 1.807) is 23.1 Å². The van der Waals surface area contributed by atoms with Crippen LogP contribution in [0.1, 0.15) is 37.3 Å². The zero-order valence-corrected chi connectivity index (χ0v) is 16.1. The molecule has 0 bridgehead atoms. The predicted molar refractivity (Wildman–Crippen MR) is 111 cm³/mol. The van der Waals surface area contributed by atoms with E-state index in [2.05, 4.69) is 46.7 Å². The van der Waals surface area contributed by atoms with Crippen LogP contribution >= 0.6 is 12.2 Å². The highest BCUT2D eigenvalue weighted by atomic mass is 32.1. The molecule has 0 saturated heterocycles. The van der Waals surface area contributed by atoms with Gasteiger partial charge in [0.25, 0.3) is 0 Å². The number of nitrogens with one attached hydrogen (secondary N) is 2. The Kier molecular flexibility index (Phi) is 6.13. The van der Waals surface area contributed by atoms with E-state index in [0.717, 1.165) is 17.7 Å². The maximum Gasteiger partial charge on any atom is 0.248 e. The Balaban J connectivity index is 1.55. The molecule has 3 rings (SSSR count). The van der Waals surface area contributed by atoms with Crippen molar-refractivity contribution in [1.29, 1.82) is 0 Å². The van der Waals surface area contributed by atoms with Gasteiger partial charge in [0.15, 0.2) is 5.11 Å². The summed E-state index contributed by atoms with van der Waals surface area (Å²) in [5, 5.41) is 10.9. The third-order valence-electron chi connectivity index (χ3n) is 4.37. The van der Waals surface area contributed by atoms with Crippen molar-refractivity contribution < 1.29 is 4.39 Å². The monoisotopic (exact) mass is 383 g/mol. The van der Waals surface area contributed by atoms with Gasteiger partial charge in [-0.15, -0.1) is 5.10 Å². The van der Waals surface area contributed by atoms with Crippen LogP contribution in [-0.2, 0) is 6.54 Å². The topological polar surface area (TPSA) is 54.8 Å². The van der Waals surface area contributed by atoms with Crippen molar-refractivity contribution in [3.63, 3.8) is 0 Å². The van der Waals surface area contributed by atoms with E-state index in [0.29, 0.717) is 23.5 Å². The van der Waals surface area contributed by atoms with Gasteiger partial charge in [0.2, 0.25) is 5.95 Å². The number of thiocarbonyl (C=S) groups is 1. The summed E-state index contributed by atoms with van der Waals surface area (Å²) in [6.45, 7) is 4.90. The molecule has 0 aliphatic carbocycles. The summed E-state index contributed by atoms with van der Waals surface area (Å²) in [6.07, 6.45) is 2.72. The molecule has 1 aromatic heterocycles. The highest BCUT2D eigenvalue weighted by Crippen LogP contribution is 2.20. The van der Waals surface area contributed by atoms with Crippen LogP contribution < -0.4 is 10.6 Å². The largest absolute Gasteiger partial charge is 0.332 e. The molecule has 7 heteroatoms. The average Bonchev–Trinajstić information content (AvgIpc) is 3.10. The van der Waals surface area contributed by atoms with Gasteiger partial charge in [-0.1, -0.05) is 38.1 Å². The molecule has 1 unspecified atom stereocenters. The predicted octanol–water partition coefficient (Wildman–Crippen LogP) is 4.79. The lowest BCUT2D eigenvalue weighted by atomic mass is 9.99. The number of halogens is 1. The Labute approximate surface area is 163 Å². The third kappa shape index (κ3) is 5.34. The molecule has 0 amide bonds. The van der Waals surface area contributed by atoms with Gasteiger partial charge in [0.1, 0.15) is 12.1 Å². The summed E-state index contributed by atoms with van der Waals surface area (Å²) in [4.78, 5) is 4.20. The minimum Gasteiger partial charge on any atom is -0.332 e. The summed E-state index contributed by atoms with van der Waals surface area (Å²) >= 11 is 5.33. The van der Waals surface area contributed by atoms with Crippen LogP contribution in [0.2, 0.25) is 0 Å². The lowest BCUT2D eigenvalue weighted by Gasteiger charge is -2.11. The lowest BCUT2D eigenvalue weighted by Crippen LogP contribution is -2.20. The van der Waals surface area contributed by atoms with Crippen LogP contribution in [0.25, 0.3) is 0 Å². The molecule has 3 aromatic rings. The Bertz CT molecular complexity index is 889. The quantitative estimate of drug-likeness (QED) is 0.600. The van der Waals surface area contributed by atoms with Crippen molar-refractivity contribution in [2.24, 2.45) is 0 Å². The summed E-state index contributed by atoms with van der Waals surface area (Å²) in [5.41, 5.74) is 3.16. The molecular formula is C20H22FN5S. The standard InChI is InChI=1S/C20H22FN5S/c1-3-14(2)16-6-10-18(11-7-16)23-20(27)24-19-22-13-26(25-19)12-15-4-8-17(21)9-5-15/h4-11,13-14H,3,12H2,1-2H3,(H2,23,24,25,27). The minimum atomic E-state index is -0.256. The second-order valence-corrected chi connectivity index (χ2v) is 6.81. The van der Waals surface area contributed by atoms with Gasteiger partial charge in [0.05, 0.1) is 6.54 Å². The van der Waals surface area contributed by atoms with Crippen LogP contribution in [0.3, 0.4) is 0 Å². The van der Waals surface area contributed by atoms with E-state index >= 15 is 0 Å². The highest BCUT2D eigenvalue weighted by molar-refractivity contribution is 7.80. The first kappa shape index (κ1) is 19.0. The van der Waals surface area contributed by atoms with Gasteiger partial charge in [-0.05, 0) is 59.9 Å². The molecule has 27 heavy (non-hydrogen) atoms. The molecule has 0 aliphatic heterocycles. The van der Waals surface area contributed by atoms with E-state index in [-0.39, 0.29) is 5.82 Å². The van der Waals surface area contributed by atoms with Crippen LogP contribution in [-0.4, -0.2) is 19.9 Å². The van der Waals surface area contributed by atoms with Crippen molar-refractivity contribution in [1.82, 2.24) is 14.8 Å². The van der Waals surface area contributed by atoms with E-state index in [9.17, 15) is 4.39 Å². The second-order valence-electron chi connectivity index (χ2n) is 6.40. The van der Waals surface area contributed by atoms with Crippen molar-refractivity contribution in [3.8, 4) is 0 Å². The highest BCUT2D eigenvalue weighted by Gasteiger charge is 2.06. The molecule has 2 aromatic carbocycles. The van der Waals surface area contributed by atoms with E-state index in [4.69, 9.17) is 12.2 Å². The number of aromatic nitrogens is 3.